The highest BCUT2D eigenvalue weighted by Crippen LogP contribution is 2.10. The fourth-order valence-electron chi connectivity index (χ4n) is 1.90. The second-order valence-corrected chi connectivity index (χ2v) is 6.69. The SMILES string of the molecule is CC(C)CCC/C=C/C(CC(=O)O)C(=O)O.OCCNCCO.OCCNCCO. The van der Waals surface area contributed by atoms with Crippen LogP contribution in [-0.2, 0) is 9.59 Å². The zero-order valence-electron chi connectivity index (χ0n) is 18.3. The third kappa shape index (κ3) is 34.0. The summed E-state index contributed by atoms with van der Waals surface area (Å²) in [4.78, 5) is 21.1. The van der Waals surface area contributed by atoms with Crippen LogP contribution in [0, 0.1) is 11.8 Å². The van der Waals surface area contributed by atoms with E-state index in [-0.39, 0.29) is 32.8 Å². The van der Waals surface area contributed by atoms with Gasteiger partial charge in [-0.25, -0.2) is 0 Å². The average Bonchev–Trinajstić information content (AvgIpc) is 2.68. The van der Waals surface area contributed by atoms with Crippen LogP contribution in [0.25, 0.3) is 0 Å². The highest BCUT2D eigenvalue weighted by molar-refractivity contribution is 5.79. The van der Waals surface area contributed by atoms with E-state index in [2.05, 4.69) is 24.5 Å². The first-order valence-corrected chi connectivity index (χ1v) is 10.2. The Morgan fingerprint density at radius 1 is 0.833 bits per heavy atom. The minimum atomic E-state index is -1.08. The van der Waals surface area contributed by atoms with Gasteiger partial charge in [0.15, 0.2) is 0 Å². The molecular formula is C20H42N2O8. The molecule has 0 fully saturated rings. The lowest BCUT2D eigenvalue weighted by atomic mass is 10.0. The normalized spacial score (nSPS) is 11.4. The van der Waals surface area contributed by atoms with Gasteiger partial charge in [-0.2, -0.15) is 0 Å². The Hall–Kier alpha value is -1.56. The van der Waals surface area contributed by atoms with Gasteiger partial charge < -0.3 is 41.3 Å². The molecule has 0 aromatic heterocycles. The third-order valence-corrected chi connectivity index (χ3v) is 3.39. The lowest BCUT2D eigenvalue weighted by Gasteiger charge is -2.04. The number of aliphatic hydroxyl groups is 4. The van der Waals surface area contributed by atoms with Gasteiger partial charge in [-0.1, -0.05) is 32.4 Å². The number of aliphatic hydroxyl groups excluding tert-OH is 4. The number of carboxylic acids is 2. The predicted octanol–water partition coefficient (Wildman–Crippen LogP) is -0.334. The zero-order valence-corrected chi connectivity index (χ0v) is 18.3. The largest absolute Gasteiger partial charge is 0.481 e. The van der Waals surface area contributed by atoms with Gasteiger partial charge in [-0.3, -0.25) is 9.59 Å². The molecular weight excluding hydrogens is 396 g/mol. The summed E-state index contributed by atoms with van der Waals surface area (Å²) in [6.07, 6.45) is 5.81. The van der Waals surface area contributed by atoms with Gasteiger partial charge in [0.05, 0.1) is 38.8 Å². The van der Waals surface area contributed by atoms with Gasteiger partial charge >= 0.3 is 11.9 Å². The molecule has 0 saturated carbocycles. The molecule has 180 valence electrons. The lowest BCUT2D eigenvalue weighted by Crippen LogP contribution is -2.21. The molecule has 0 rings (SSSR count). The monoisotopic (exact) mass is 438 g/mol. The third-order valence-electron chi connectivity index (χ3n) is 3.39. The van der Waals surface area contributed by atoms with Gasteiger partial charge in [-0.05, 0) is 18.8 Å². The second-order valence-electron chi connectivity index (χ2n) is 6.69. The van der Waals surface area contributed by atoms with E-state index >= 15 is 0 Å². The number of nitrogens with one attached hydrogen (secondary N) is 2. The number of hydrogen-bond acceptors (Lipinski definition) is 8. The van der Waals surface area contributed by atoms with Crippen molar-refractivity contribution in [3.8, 4) is 0 Å². The van der Waals surface area contributed by atoms with Gasteiger partial charge in [-0.15, -0.1) is 0 Å². The Labute approximate surface area is 179 Å². The highest BCUT2D eigenvalue weighted by Gasteiger charge is 2.17. The van der Waals surface area contributed by atoms with Crippen LogP contribution >= 0.6 is 0 Å². The first-order chi connectivity index (χ1) is 14.3. The van der Waals surface area contributed by atoms with Crippen molar-refractivity contribution in [2.45, 2.75) is 39.5 Å². The molecule has 0 spiro atoms. The Kier molecular flexibility index (Phi) is 30.3. The van der Waals surface area contributed by atoms with Crippen molar-refractivity contribution >= 4 is 11.9 Å². The molecule has 10 heteroatoms. The summed E-state index contributed by atoms with van der Waals surface area (Å²) in [5.74, 6) is -2.43. The van der Waals surface area contributed by atoms with Crippen molar-refractivity contribution in [2.24, 2.45) is 11.8 Å². The van der Waals surface area contributed by atoms with E-state index in [9.17, 15) is 9.59 Å². The van der Waals surface area contributed by atoms with Gasteiger partial charge in [0.1, 0.15) is 0 Å². The fourth-order valence-corrected chi connectivity index (χ4v) is 1.90. The maximum Gasteiger partial charge on any atom is 0.310 e. The standard InChI is InChI=1S/C12H20O4.2C4H11NO2/c1-9(2)6-4-3-5-7-10(12(15)16)8-11(13)14;2*6-3-1-5-2-4-7/h5,7,9-10H,3-4,6,8H2,1-2H3,(H,13,14)(H,15,16);2*5-7H,1-4H2/b7-5+;;. The molecule has 0 aromatic rings. The molecule has 0 amide bonds. The van der Waals surface area contributed by atoms with Crippen molar-refractivity contribution in [3.63, 3.8) is 0 Å². The van der Waals surface area contributed by atoms with Gasteiger partial charge in [0, 0.05) is 26.2 Å². The first-order valence-electron chi connectivity index (χ1n) is 10.2. The smallest absolute Gasteiger partial charge is 0.310 e. The van der Waals surface area contributed by atoms with Crippen molar-refractivity contribution in [2.75, 3.05) is 52.6 Å². The number of hydrogen-bond donors (Lipinski definition) is 8. The minimum Gasteiger partial charge on any atom is -0.481 e. The Morgan fingerprint density at radius 2 is 1.27 bits per heavy atom. The predicted molar refractivity (Wildman–Crippen MR) is 115 cm³/mol. The van der Waals surface area contributed by atoms with E-state index in [0.29, 0.717) is 32.1 Å². The van der Waals surface area contributed by atoms with E-state index in [1.807, 2.05) is 0 Å². The Bertz CT molecular complexity index is 388. The van der Waals surface area contributed by atoms with Crippen LogP contribution in [0.2, 0.25) is 0 Å². The van der Waals surface area contributed by atoms with Gasteiger partial charge in [0.25, 0.3) is 0 Å². The molecule has 0 bridgehead atoms. The molecule has 0 heterocycles. The van der Waals surface area contributed by atoms with Crippen LogP contribution in [-0.4, -0.2) is 95.2 Å². The summed E-state index contributed by atoms with van der Waals surface area (Å²) in [5, 5.41) is 55.4. The summed E-state index contributed by atoms with van der Waals surface area (Å²) < 4.78 is 0. The Balaban J connectivity index is -0.000000430. The van der Waals surface area contributed by atoms with Crippen molar-refractivity contribution < 1.29 is 40.2 Å². The topological polar surface area (TPSA) is 180 Å². The number of rotatable bonds is 16. The highest BCUT2D eigenvalue weighted by atomic mass is 16.4. The average molecular weight is 439 g/mol. The molecule has 8 N–H and O–H groups in total. The number of allylic oxidation sites excluding steroid dienone is 1. The second kappa shape index (κ2) is 27.4. The van der Waals surface area contributed by atoms with Crippen LogP contribution in [0.15, 0.2) is 12.2 Å². The molecule has 10 nitrogen and oxygen atoms in total. The number of carboxylic acid groups (broad SMARTS) is 2. The van der Waals surface area contributed by atoms with E-state index in [1.54, 1.807) is 6.08 Å². The number of unbranched alkanes of at least 4 members (excludes halogenated alkanes) is 1. The fraction of sp³-hybridized carbons (Fsp3) is 0.800. The quantitative estimate of drug-likeness (QED) is 0.117. The zero-order chi connectivity index (χ0) is 23.6. The first kappa shape index (κ1) is 33.1. The molecule has 0 saturated heterocycles. The number of aliphatic carboxylic acids is 2. The van der Waals surface area contributed by atoms with E-state index in [4.69, 9.17) is 30.6 Å². The molecule has 0 aliphatic rings. The molecule has 0 radical (unpaired) electrons. The van der Waals surface area contributed by atoms with Crippen LogP contribution < -0.4 is 10.6 Å². The van der Waals surface area contributed by atoms with Crippen molar-refractivity contribution in [3.05, 3.63) is 12.2 Å². The summed E-state index contributed by atoms with van der Waals surface area (Å²) in [5.41, 5.74) is 0. The summed E-state index contributed by atoms with van der Waals surface area (Å²) in [6, 6.07) is 0. The van der Waals surface area contributed by atoms with E-state index in [1.165, 1.54) is 6.08 Å². The van der Waals surface area contributed by atoms with Crippen molar-refractivity contribution in [1.82, 2.24) is 10.6 Å². The van der Waals surface area contributed by atoms with Crippen molar-refractivity contribution in [1.29, 1.82) is 0 Å². The maximum absolute atomic E-state index is 10.7. The van der Waals surface area contributed by atoms with Crippen LogP contribution in [0.4, 0.5) is 0 Å². The van der Waals surface area contributed by atoms with Gasteiger partial charge in [0.2, 0.25) is 0 Å². The van der Waals surface area contributed by atoms with Crippen LogP contribution in [0.5, 0.6) is 0 Å². The molecule has 0 aromatic carbocycles. The Morgan fingerprint density at radius 3 is 1.57 bits per heavy atom. The molecule has 0 aliphatic heterocycles. The molecule has 30 heavy (non-hydrogen) atoms. The lowest BCUT2D eigenvalue weighted by molar-refractivity contribution is -0.146. The summed E-state index contributed by atoms with van der Waals surface area (Å²) in [7, 11) is 0. The molecule has 1 atom stereocenters. The van der Waals surface area contributed by atoms with E-state index < -0.39 is 17.9 Å². The van der Waals surface area contributed by atoms with Crippen LogP contribution in [0.3, 0.4) is 0 Å². The van der Waals surface area contributed by atoms with E-state index in [0.717, 1.165) is 19.3 Å². The minimum absolute atomic E-state index is 0.139. The molecule has 0 aliphatic carbocycles. The van der Waals surface area contributed by atoms with Crippen LogP contribution in [0.1, 0.15) is 39.5 Å². The summed E-state index contributed by atoms with van der Waals surface area (Å²) in [6.45, 7) is 7.10. The maximum atomic E-state index is 10.7. The summed E-state index contributed by atoms with van der Waals surface area (Å²) >= 11 is 0. The number of carbonyl (C=O) groups is 2. The molecule has 1 unspecified atom stereocenters.